The topological polar surface area (TPSA) is 79.9 Å². The lowest BCUT2D eigenvalue weighted by Gasteiger charge is -2.18. The van der Waals surface area contributed by atoms with E-state index in [2.05, 4.69) is 10.5 Å². The summed E-state index contributed by atoms with van der Waals surface area (Å²) in [7, 11) is 1.62. The average Bonchev–Trinajstić information content (AvgIpc) is 2.56. The number of rotatable bonds is 6. The third-order valence-corrected chi connectivity index (χ3v) is 3.28. The Morgan fingerprint density at radius 3 is 2.52 bits per heavy atom. The number of para-hydroxylation sites is 2. The Morgan fingerprint density at radius 2 is 1.86 bits per heavy atom. The van der Waals surface area contributed by atoms with E-state index in [0.717, 1.165) is 17.0 Å². The summed E-state index contributed by atoms with van der Waals surface area (Å²) in [6.07, 6.45) is 0. The van der Waals surface area contributed by atoms with Crippen LogP contribution >= 0.6 is 0 Å². The number of hydrogen-bond acceptors (Lipinski definition) is 4. The summed E-state index contributed by atoms with van der Waals surface area (Å²) in [6.45, 7) is 0.500. The van der Waals surface area contributed by atoms with Gasteiger partial charge in [0.2, 0.25) is 0 Å². The molecule has 110 valence electrons. The van der Waals surface area contributed by atoms with Crippen LogP contribution in [0.15, 0.2) is 59.8 Å². The molecule has 0 spiro atoms. The average molecular weight is 285 g/mol. The summed E-state index contributed by atoms with van der Waals surface area (Å²) in [5, 5.41) is 15.4. The van der Waals surface area contributed by atoms with Crippen molar-refractivity contribution >= 4 is 11.5 Å². The lowest BCUT2D eigenvalue weighted by Crippen LogP contribution is -2.28. The van der Waals surface area contributed by atoms with E-state index in [0.29, 0.717) is 6.54 Å². The normalized spacial score (nSPS) is 12.7. The fraction of sp³-hybridized carbons (Fsp3) is 0.188. The van der Waals surface area contributed by atoms with Gasteiger partial charge in [0.25, 0.3) is 0 Å². The molecule has 0 amide bonds. The van der Waals surface area contributed by atoms with Crippen molar-refractivity contribution in [3.8, 4) is 5.75 Å². The smallest absolute Gasteiger partial charge is 0.148 e. The van der Waals surface area contributed by atoms with Gasteiger partial charge in [0.05, 0.1) is 18.7 Å². The monoisotopic (exact) mass is 285 g/mol. The van der Waals surface area contributed by atoms with Crippen LogP contribution in [-0.2, 0) is 0 Å². The maximum Gasteiger partial charge on any atom is 0.148 e. The fourth-order valence-corrected chi connectivity index (χ4v) is 2.15. The van der Waals surface area contributed by atoms with Crippen LogP contribution in [0.2, 0.25) is 0 Å². The van der Waals surface area contributed by atoms with Crippen molar-refractivity contribution in [1.82, 2.24) is 0 Å². The van der Waals surface area contributed by atoms with Crippen molar-refractivity contribution in [2.45, 2.75) is 5.92 Å². The zero-order chi connectivity index (χ0) is 15.1. The molecule has 2 aromatic carbocycles. The summed E-state index contributed by atoms with van der Waals surface area (Å²) in [5.74, 6) is 0.702. The number of methoxy groups -OCH3 is 1. The van der Waals surface area contributed by atoms with E-state index in [-0.39, 0.29) is 11.8 Å². The van der Waals surface area contributed by atoms with E-state index in [1.807, 2.05) is 54.6 Å². The van der Waals surface area contributed by atoms with E-state index in [9.17, 15) is 0 Å². The van der Waals surface area contributed by atoms with Gasteiger partial charge in [-0.15, -0.1) is 0 Å². The van der Waals surface area contributed by atoms with Gasteiger partial charge in [-0.2, -0.15) is 0 Å². The second-order valence-corrected chi connectivity index (χ2v) is 4.57. The Bertz CT molecular complexity index is 599. The second-order valence-electron chi connectivity index (χ2n) is 4.57. The van der Waals surface area contributed by atoms with Crippen LogP contribution in [0.4, 0.5) is 5.69 Å². The highest BCUT2D eigenvalue weighted by Crippen LogP contribution is 2.25. The van der Waals surface area contributed by atoms with Crippen molar-refractivity contribution in [2.24, 2.45) is 10.9 Å². The van der Waals surface area contributed by atoms with Gasteiger partial charge in [0.15, 0.2) is 0 Å². The first-order valence-corrected chi connectivity index (χ1v) is 6.65. The van der Waals surface area contributed by atoms with Crippen molar-refractivity contribution in [1.29, 1.82) is 0 Å². The highest BCUT2D eigenvalue weighted by molar-refractivity contribution is 5.87. The number of ether oxygens (including phenoxy) is 1. The largest absolute Gasteiger partial charge is 0.495 e. The number of nitrogens with zero attached hydrogens (tertiary/aromatic N) is 1. The zero-order valence-electron chi connectivity index (χ0n) is 11.9. The molecule has 21 heavy (non-hydrogen) atoms. The Labute approximate surface area is 124 Å². The van der Waals surface area contributed by atoms with Crippen LogP contribution in [0.25, 0.3) is 0 Å². The first-order chi connectivity index (χ1) is 10.3. The minimum atomic E-state index is -0.221. The van der Waals surface area contributed by atoms with Gasteiger partial charge in [-0.1, -0.05) is 47.6 Å². The van der Waals surface area contributed by atoms with E-state index >= 15 is 0 Å². The lowest BCUT2D eigenvalue weighted by molar-refractivity contribution is 0.316. The Hall–Kier alpha value is -2.69. The van der Waals surface area contributed by atoms with Crippen LogP contribution < -0.4 is 15.8 Å². The number of nitrogens with one attached hydrogen (secondary N) is 1. The minimum absolute atomic E-state index is 0.170. The third kappa shape index (κ3) is 3.66. The molecule has 0 bridgehead atoms. The molecule has 1 atom stereocenters. The minimum Gasteiger partial charge on any atom is -0.495 e. The summed E-state index contributed by atoms with van der Waals surface area (Å²) in [5.41, 5.74) is 7.66. The van der Waals surface area contributed by atoms with Crippen molar-refractivity contribution in [2.75, 3.05) is 19.0 Å². The van der Waals surface area contributed by atoms with Gasteiger partial charge in [0, 0.05) is 6.54 Å². The Balaban J connectivity index is 2.17. The van der Waals surface area contributed by atoms with E-state index in [1.54, 1.807) is 7.11 Å². The maximum absolute atomic E-state index is 8.97. The summed E-state index contributed by atoms with van der Waals surface area (Å²) >= 11 is 0. The molecule has 5 nitrogen and oxygen atoms in total. The Kier molecular flexibility index (Phi) is 5.04. The number of amidine groups is 1. The maximum atomic E-state index is 8.97. The van der Waals surface area contributed by atoms with Crippen LogP contribution in [0, 0.1) is 0 Å². The van der Waals surface area contributed by atoms with Crippen molar-refractivity contribution in [3.63, 3.8) is 0 Å². The molecule has 1 unspecified atom stereocenters. The summed E-state index contributed by atoms with van der Waals surface area (Å²) < 4.78 is 5.30. The Morgan fingerprint density at radius 1 is 1.19 bits per heavy atom. The molecule has 5 heteroatoms. The number of oxime groups is 1. The number of nitrogens with two attached hydrogens (primary N) is 1. The van der Waals surface area contributed by atoms with Gasteiger partial charge in [-0.05, 0) is 17.7 Å². The first kappa shape index (κ1) is 14.7. The molecule has 0 aliphatic rings. The van der Waals surface area contributed by atoms with Crippen LogP contribution in [0.1, 0.15) is 11.5 Å². The second kappa shape index (κ2) is 7.19. The van der Waals surface area contributed by atoms with Crippen LogP contribution in [0.3, 0.4) is 0 Å². The molecule has 0 aliphatic heterocycles. The highest BCUT2D eigenvalue weighted by Gasteiger charge is 2.17. The molecule has 0 fully saturated rings. The molecule has 0 aliphatic carbocycles. The van der Waals surface area contributed by atoms with E-state index in [4.69, 9.17) is 15.7 Å². The van der Waals surface area contributed by atoms with Gasteiger partial charge in [0.1, 0.15) is 11.6 Å². The molecular weight excluding hydrogens is 266 g/mol. The summed E-state index contributed by atoms with van der Waals surface area (Å²) in [6, 6.07) is 17.3. The molecule has 0 aromatic heterocycles. The van der Waals surface area contributed by atoms with Gasteiger partial charge < -0.3 is 21.0 Å². The SMILES string of the molecule is COc1ccccc1NCC(C(N)=NO)c1ccccc1. The van der Waals surface area contributed by atoms with Gasteiger partial charge >= 0.3 is 0 Å². The number of hydrogen-bond donors (Lipinski definition) is 3. The van der Waals surface area contributed by atoms with Crippen LogP contribution in [0.5, 0.6) is 5.75 Å². The predicted octanol–water partition coefficient (Wildman–Crippen LogP) is 2.64. The molecule has 0 radical (unpaired) electrons. The molecular formula is C16H19N3O2. The highest BCUT2D eigenvalue weighted by atomic mass is 16.5. The summed E-state index contributed by atoms with van der Waals surface area (Å²) in [4.78, 5) is 0. The van der Waals surface area contributed by atoms with Crippen LogP contribution in [-0.4, -0.2) is 24.7 Å². The first-order valence-electron chi connectivity index (χ1n) is 6.65. The van der Waals surface area contributed by atoms with E-state index in [1.165, 1.54) is 0 Å². The van der Waals surface area contributed by atoms with Gasteiger partial charge in [-0.25, -0.2) is 0 Å². The number of anilines is 1. The van der Waals surface area contributed by atoms with Gasteiger partial charge in [-0.3, -0.25) is 0 Å². The van der Waals surface area contributed by atoms with Crippen molar-refractivity contribution in [3.05, 3.63) is 60.2 Å². The lowest BCUT2D eigenvalue weighted by atomic mass is 9.98. The molecule has 2 aromatic rings. The molecule has 0 saturated carbocycles. The quantitative estimate of drug-likeness (QED) is 0.330. The van der Waals surface area contributed by atoms with Crippen molar-refractivity contribution < 1.29 is 9.94 Å². The predicted molar refractivity (Wildman–Crippen MR) is 84.1 cm³/mol. The molecule has 0 saturated heterocycles. The fourth-order valence-electron chi connectivity index (χ4n) is 2.15. The molecule has 2 rings (SSSR count). The van der Waals surface area contributed by atoms with E-state index < -0.39 is 0 Å². The third-order valence-electron chi connectivity index (χ3n) is 3.28. The molecule has 4 N–H and O–H groups in total. The standard InChI is InChI=1S/C16H19N3O2/c1-21-15-10-6-5-9-14(15)18-11-13(16(17)19-20)12-7-3-2-4-8-12/h2-10,13,18,20H,11H2,1H3,(H2,17,19). The zero-order valence-corrected chi connectivity index (χ0v) is 11.9. The number of benzene rings is 2. The molecule has 0 heterocycles.